The van der Waals surface area contributed by atoms with Crippen LogP contribution in [-0.2, 0) is 9.53 Å². The predicted octanol–water partition coefficient (Wildman–Crippen LogP) is 1.02. The van der Waals surface area contributed by atoms with Gasteiger partial charge in [-0.3, -0.25) is 4.79 Å². The van der Waals surface area contributed by atoms with Crippen molar-refractivity contribution in [2.24, 2.45) is 0 Å². The molecule has 1 amide bonds. The van der Waals surface area contributed by atoms with Crippen LogP contribution in [0.2, 0.25) is 0 Å². The van der Waals surface area contributed by atoms with Gasteiger partial charge in [-0.05, 0) is 12.1 Å². The number of aromatic nitrogens is 2. The van der Waals surface area contributed by atoms with Crippen LogP contribution in [0.1, 0.15) is 10.4 Å². The van der Waals surface area contributed by atoms with Crippen molar-refractivity contribution < 1.29 is 14.3 Å². The van der Waals surface area contributed by atoms with Gasteiger partial charge in [0.05, 0.1) is 12.7 Å². The van der Waals surface area contributed by atoms with Crippen LogP contribution in [0, 0.1) is 0 Å². The SMILES string of the molecule is COC(=O)/C=C/CNC(=O)c1c[nH]c2ncccc12. The molecule has 2 aromatic rings. The number of pyridine rings is 1. The van der Waals surface area contributed by atoms with E-state index in [1.54, 1.807) is 18.5 Å². The molecule has 6 heteroatoms. The van der Waals surface area contributed by atoms with Crippen LogP contribution in [0.25, 0.3) is 11.0 Å². The van der Waals surface area contributed by atoms with Crippen LogP contribution in [-0.4, -0.2) is 35.5 Å². The standard InChI is InChI=1S/C13H13N3O3/c1-19-11(17)5-3-7-15-13(18)10-8-16-12-9(10)4-2-6-14-12/h2-6,8H,7H2,1H3,(H,14,16)(H,15,18)/b5-3+. The zero-order chi connectivity index (χ0) is 13.7. The maximum atomic E-state index is 11.9. The molecule has 0 fully saturated rings. The molecule has 0 aliphatic carbocycles. The number of hydrogen-bond acceptors (Lipinski definition) is 4. The van der Waals surface area contributed by atoms with Gasteiger partial charge in [-0.2, -0.15) is 0 Å². The van der Waals surface area contributed by atoms with E-state index in [0.717, 1.165) is 5.39 Å². The predicted molar refractivity (Wildman–Crippen MR) is 69.6 cm³/mol. The molecule has 0 saturated carbocycles. The summed E-state index contributed by atoms with van der Waals surface area (Å²) in [6, 6.07) is 3.59. The summed E-state index contributed by atoms with van der Waals surface area (Å²) in [5.41, 5.74) is 1.19. The van der Waals surface area contributed by atoms with Gasteiger partial charge in [0.25, 0.3) is 5.91 Å². The topological polar surface area (TPSA) is 84.1 Å². The Morgan fingerprint density at radius 3 is 3.16 bits per heavy atom. The normalized spacial score (nSPS) is 10.8. The van der Waals surface area contributed by atoms with Crippen molar-refractivity contribution >= 4 is 22.9 Å². The fourth-order valence-corrected chi connectivity index (χ4v) is 1.61. The highest BCUT2D eigenvalue weighted by Gasteiger charge is 2.10. The number of esters is 1. The molecular formula is C13H13N3O3. The van der Waals surface area contributed by atoms with E-state index < -0.39 is 5.97 Å². The minimum atomic E-state index is -0.453. The summed E-state index contributed by atoms with van der Waals surface area (Å²) >= 11 is 0. The first-order valence-corrected chi connectivity index (χ1v) is 5.67. The number of nitrogens with zero attached hydrogens (tertiary/aromatic N) is 1. The number of aromatic amines is 1. The summed E-state index contributed by atoms with van der Waals surface area (Å²) in [5.74, 6) is -0.681. The molecule has 2 rings (SSSR count). The number of ether oxygens (including phenoxy) is 1. The van der Waals surface area contributed by atoms with Crippen LogP contribution >= 0.6 is 0 Å². The van der Waals surface area contributed by atoms with Crippen LogP contribution in [0.3, 0.4) is 0 Å². The second kappa shape index (κ2) is 5.81. The third kappa shape index (κ3) is 2.98. The fraction of sp³-hybridized carbons (Fsp3) is 0.154. The summed E-state index contributed by atoms with van der Waals surface area (Å²) in [5, 5.41) is 3.44. The Balaban J connectivity index is 2.01. The number of amides is 1. The van der Waals surface area contributed by atoms with Crippen molar-refractivity contribution in [2.45, 2.75) is 0 Å². The second-order valence-corrected chi connectivity index (χ2v) is 3.74. The Hall–Kier alpha value is -2.63. The third-order valence-corrected chi connectivity index (χ3v) is 2.53. The highest BCUT2D eigenvalue weighted by Crippen LogP contribution is 2.14. The first-order valence-electron chi connectivity index (χ1n) is 5.67. The summed E-state index contributed by atoms with van der Waals surface area (Å²) < 4.78 is 4.44. The van der Waals surface area contributed by atoms with Crippen LogP contribution in [0.15, 0.2) is 36.7 Å². The Labute approximate surface area is 109 Å². The van der Waals surface area contributed by atoms with Crippen molar-refractivity contribution in [3.8, 4) is 0 Å². The van der Waals surface area contributed by atoms with Crippen molar-refractivity contribution in [1.82, 2.24) is 15.3 Å². The highest BCUT2D eigenvalue weighted by atomic mass is 16.5. The largest absolute Gasteiger partial charge is 0.466 e. The highest BCUT2D eigenvalue weighted by molar-refractivity contribution is 6.05. The van der Waals surface area contributed by atoms with Gasteiger partial charge in [-0.15, -0.1) is 0 Å². The first kappa shape index (κ1) is 12.8. The molecule has 0 unspecified atom stereocenters. The first-order chi connectivity index (χ1) is 9.22. The number of H-pyrrole nitrogens is 1. The lowest BCUT2D eigenvalue weighted by Gasteiger charge is -2.00. The van der Waals surface area contributed by atoms with Gasteiger partial charge in [-0.1, -0.05) is 6.08 Å². The maximum absolute atomic E-state index is 11.9. The monoisotopic (exact) mass is 259 g/mol. The summed E-state index contributed by atoms with van der Waals surface area (Å²) in [4.78, 5) is 29.8. The van der Waals surface area contributed by atoms with E-state index in [0.29, 0.717) is 11.2 Å². The number of carbonyl (C=O) groups is 2. The Morgan fingerprint density at radius 2 is 2.37 bits per heavy atom. The minimum Gasteiger partial charge on any atom is -0.466 e. The second-order valence-electron chi connectivity index (χ2n) is 3.74. The molecule has 2 N–H and O–H groups in total. The lowest BCUT2D eigenvalue weighted by atomic mass is 10.2. The number of nitrogens with one attached hydrogen (secondary N) is 2. The van der Waals surface area contributed by atoms with Crippen LogP contribution in [0.5, 0.6) is 0 Å². The zero-order valence-electron chi connectivity index (χ0n) is 10.3. The van der Waals surface area contributed by atoms with Gasteiger partial charge >= 0.3 is 5.97 Å². The van der Waals surface area contributed by atoms with E-state index in [2.05, 4.69) is 20.0 Å². The third-order valence-electron chi connectivity index (χ3n) is 2.53. The van der Waals surface area contributed by atoms with E-state index in [4.69, 9.17) is 0 Å². The van der Waals surface area contributed by atoms with Crippen molar-refractivity contribution in [2.75, 3.05) is 13.7 Å². The quantitative estimate of drug-likeness (QED) is 0.634. The molecule has 0 atom stereocenters. The molecule has 0 radical (unpaired) electrons. The zero-order valence-corrected chi connectivity index (χ0v) is 10.3. The molecule has 0 aliphatic rings. The lowest BCUT2D eigenvalue weighted by molar-refractivity contribution is -0.134. The molecule has 98 valence electrons. The molecule has 0 saturated heterocycles. The van der Waals surface area contributed by atoms with E-state index in [9.17, 15) is 9.59 Å². The average molecular weight is 259 g/mol. The Bertz CT molecular complexity index is 631. The average Bonchev–Trinajstić information content (AvgIpc) is 2.87. The molecule has 2 heterocycles. The van der Waals surface area contributed by atoms with E-state index >= 15 is 0 Å². The number of fused-ring (bicyclic) bond motifs is 1. The van der Waals surface area contributed by atoms with Crippen LogP contribution in [0.4, 0.5) is 0 Å². The minimum absolute atomic E-state index is 0.228. The maximum Gasteiger partial charge on any atom is 0.330 e. The Kier molecular flexibility index (Phi) is 3.92. The molecular weight excluding hydrogens is 246 g/mol. The van der Waals surface area contributed by atoms with Gasteiger partial charge in [0, 0.05) is 30.4 Å². The molecule has 19 heavy (non-hydrogen) atoms. The number of hydrogen-bond donors (Lipinski definition) is 2. The molecule has 2 aromatic heterocycles. The molecule has 0 spiro atoms. The van der Waals surface area contributed by atoms with E-state index in [1.807, 2.05) is 6.07 Å². The van der Waals surface area contributed by atoms with Crippen LogP contribution < -0.4 is 5.32 Å². The molecule has 0 aromatic carbocycles. The molecule has 0 bridgehead atoms. The van der Waals surface area contributed by atoms with Gasteiger partial charge in [0.1, 0.15) is 5.65 Å². The molecule has 6 nitrogen and oxygen atoms in total. The summed E-state index contributed by atoms with van der Waals surface area (Å²) in [6.07, 6.45) is 6.05. The summed E-state index contributed by atoms with van der Waals surface area (Å²) in [7, 11) is 1.30. The fourth-order valence-electron chi connectivity index (χ4n) is 1.61. The smallest absolute Gasteiger partial charge is 0.330 e. The lowest BCUT2D eigenvalue weighted by Crippen LogP contribution is -2.23. The van der Waals surface area contributed by atoms with Crippen molar-refractivity contribution in [1.29, 1.82) is 0 Å². The van der Waals surface area contributed by atoms with E-state index in [1.165, 1.54) is 19.3 Å². The Morgan fingerprint density at radius 1 is 1.53 bits per heavy atom. The van der Waals surface area contributed by atoms with Gasteiger partial charge in [-0.25, -0.2) is 9.78 Å². The van der Waals surface area contributed by atoms with Gasteiger partial charge in [0.2, 0.25) is 0 Å². The van der Waals surface area contributed by atoms with E-state index in [-0.39, 0.29) is 12.5 Å². The van der Waals surface area contributed by atoms with Gasteiger partial charge in [0.15, 0.2) is 0 Å². The van der Waals surface area contributed by atoms with Crippen molar-refractivity contribution in [3.05, 3.63) is 42.2 Å². The summed E-state index contributed by atoms with van der Waals surface area (Å²) in [6.45, 7) is 0.251. The van der Waals surface area contributed by atoms with Gasteiger partial charge < -0.3 is 15.0 Å². The molecule has 0 aliphatic heterocycles. The number of methoxy groups -OCH3 is 1. The number of carbonyl (C=O) groups excluding carboxylic acids is 2. The number of rotatable bonds is 4. The van der Waals surface area contributed by atoms with Crippen molar-refractivity contribution in [3.63, 3.8) is 0 Å².